The van der Waals surface area contributed by atoms with Crippen LogP contribution in [0.2, 0.25) is 5.02 Å². The molecule has 14 heavy (non-hydrogen) atoms. The van der Waals surface area contributed by atoms with Gasteiger partial charge in [0, 0.05) is 5.56 Å². The summed E-state index contributed by atoms with van der Waals surface area (Å²) in [5.41, 5.74) is 0.482. The van der Waals surface area contributed by atoms with Crippen molar-refractivity contribution in [2.75, 3.05) is 6.61 Å². The summed E-state index contributed by atoms with van der Waals surface area (Å²) >= 11 is 5.67. The van der Waals surface area contributed by atoms with Crippen LogP contribution < -0.4 is 0 Å². The highest BCUT2D eigenvalue weighted by Crippen LogP contribution is 2.27. The lowest BCUT2D eigenvalue weighted by atomic mass is 10.1. The zero-order valence-corrected chi connectivity index (χ0v) is 8.54. The van der Waals surface area contributed by atoms with E-state index in [2.05, 4.69) is 0 Å². The number of rotatable bonds is 3. The minimum Gasteiger partial charge on any atom is -0.506 e. The van der Waals surface area contributed by atoms with E-state index in [9.17, 15) is 9.90 Å². The summed E-state index contributed by atoms with van der Waals surface area (Å²) in [5.74, 6) is -0.424. The van der Waals surface area contributed by atoms with Crippen LogP contribution in [0, 0.1) is 0 Å². The van der Waals surface area contributed by atoms with E-state index in [1.807, 2.05) is 0 Å². The molecule has 0 aliphatic rings. The second-order valence-corrected chi connectivity index (χ2v) is 3.14. The molecule has 0 aliphatic carbocycles. The Labute approximate surface area is 87.3 Å². The minimum absolute atomic E-state index is 0.0419. The number of phenols is 1. The number of esters is 1. The molecule has 3 nitrogen and oxygen atoms in total. The summed E-state index contributed by atoms with van der Waals surface area (Å²) in [5, 5.41) is 9.72. The molecule has 0 heterocycles. The summed E-state index contributed by atoms with van der Waals surface area (Å²) in [6.07, 6.45) is 0.0419. The van der Waals surface area contributed by atoms with Crippen molar-refractivity contribution < 1.29 is 14.6 Å². The fourth-order valence-corrected chi connectivity index (χ4v) is 1.26. The maximum atomic E-state index is 11.1. The van der Waals surface area contributed by atoms with E-state index in [0.717, 1.165) is 0 Å². The highest BCUT2D eigenvalue weighted by molar-refractivity contribution is 6.32. The Morgan fingerprint density at radius 2 is 2.29 bits per heavy atom. The number of hydrogen-bond donors (Lipinski definition) is 1. The molecule has 1 aromatic rings. The normalized spacial score (nSPS) is 9.86. The van der Waals surface area contributed by atoms with Crippen molar-refractivity contribution in [2.45, 2.75) is 13.3 Å². The summed E-state index contributed by atoms with van der Waals surface area (Å²) in [6, 6.07) is 4.88. The standard InChI is InChI=1S/C10H11ClO3/c1-2-14-9(12)6-7-4-3-5-8(11)10(7)13/h3-5,13H,2,6H2,1H3. The Balaban J connectivity index is 2.76. The van der Waals surface area contributed by atoms with Crippen LogP contribution in [0.3, 0.4) is 0 Å². The van der Waals surface area contributed by atoms with Crippen molar-refractivity contribution in [1.82, 2.24) is 0 Å². The number of benzene rings is 1. The van der Waals surface area contributed by atoms with Crippen LogP contribution in [0.15, 0.2) is 18.2 Å². The Morgan fingerprint density at radius 3 is 2.93 bits per heavy atom. The van der Waals surface area contributed by atoms with Gasteiger partial charge in [0.05, 0.1) is 18.1 Å². The van der Waals surface area contributed by atoms with Crippen LogP contribution in [-0.2, 0) is 16.0 Å². The maximum absolute atomic E-state index is 11.1. The largest absolute Gasteiger partial charge is 0.506 e. The summed E-state index contributed by atoms with van der Waals surface area (Å²) in [4.78, 5) is 11.1. The van der Waals surface area contributed by atoms with Crippen molar-refractivity contribution >= 4 is 17.6 Å². The average molecular weight is 215 g/mol. The molecule has 1 aromatic carbocycles. The highest BCUT2D eigenvalue weighted by atomic mass is 35.5. The lowest BCUT2D eigenvalue weighted by Crippen LogP contribution is -2.07. The first-order valence-corrected chi connectivity index (χ1v) is 4.65. The van der Waals surface area contributed by atoms with Crippen LogP contribution in [-0.4, -0.2) is 17.7 Å². The molecule has 0 aromatic heterocycles. The Morgan fingerprint density at radius 1 is 1.57 bits per heavy atom. The van der Waals surface area contributed by atoms with E-state index in [0.29, 0.717) is 12.2 Å². The van der Waals surface area contributed by atoms with Gasteiger partial charge in [0.1, 0.15) is 5.75 Å². The number of aromatic hydroxyl groups is 1. The first kappa shape index (κ1) is 10.9. The molecule has 0 bridgehead atoms. The van der Waals surface area contributed by atoms with E-state index in [1.165, 1.54) is 0 Å². The molecule has 0 amide bonds. The molecule has 0 atom stereocenters. The summed E-state index contributed by atoms with van der Waals surface area (Å²) in [6.45, 7) is 2.07. The number of phenolic OH excluding ortho intramolecular Hbond substituents is 1. The van der Waals surface area contributed by atoms with Crippen molar-refractivity contribution in [1.29, 1.82) is 0 Å². The van der Waals surface area contributed by atoms with E-state index in [1.54, 1.807) is 25.1 Å². The lowest BCUT2D eigenvalue weighted by Gasteiger charge is -2.05. The van der Waals surface area contributed by atoms with Crippen LogP contribution >= 0.6 is 11.6 Å². The van der Waals surface area contributed by atoms with Gasteiger partial charge in [-0.3, -0.25) is 4.79 Å². The van der Waals surface area contributed by atoms with Gasteiger partial charge in [-0.25, -0.2) is 0 Å². The molecule has 0 aliphatic heterocycles. The fraction of sp³-hybridized carbons (Fsp3) is 0.300. The molecule has 76 valence electrons. The van der Waals surface area contributed by atoms with E-state index in [-0.39, 0.29) is 23.2 Å². The fourth-order valence-electron chi connectivity index (χ4n) is 1.07. The topological polar surface area (TPSA) is 46.5 Å². The van der Waals surface area contributed by atoms with E-state index in [4.69, 9.17) is 16.3 Å². The van der Waals surface area contributed by atoms with Crippen molar-refractivity contribution in [3.63, 3.8) is 0 Å². The predicted molar refractivity (Wildman–Crippen MR) is 53.5 cm³/mol. The maximum Gasteiger partial charge on any atom is 0.310 e. The van der Waals surface area contributed by atoms with Crippen molar-refractivity contribution in [3.8, 4) is 5.75 Å². The van der Waals surface area contributed by atoms with Gasteiger partial charge >= 0.3 is 5.97 Å². The molecule has 0 unspecified atom stereocenters. The molecule has 1 N–H and O–H groups in total. The third kappa shape index (κ3) is 2.64. The number of ether oxygens (including phenoxy) is 1. The lowest BCUT2D eigenvalue weighted by molar-refractivity contribution is -0.142. The first-order valence-electron chi connectivity index (χ1n) is 4.27. The first-order chi connectivity index (χ1) is 6.65. The van der Waals surface area contributed by atoms with Crippen LogP contribution in [0.1, 0.15) is 12.5 Å². The smallest absolute Gasteiger partial charge is 0.310 e. The van der Waals surface area contributed by atoms with E-state index < -0.39 is 0 Å². The molecular weight excluding hydrogens is 204 g/mol. The van der Waals surface area contributed by atoms with Gasteiger partial charge in [0.15, 0.2) is 0 Å². The predicted octanol–water partition coefficient (Wildman–Crippen LogP) is 2.15. The summed E-state index contributed by atoms with van der Waals surface area (Å²) < 4.78 is 4.75. The zero-order valence-electron chi connectivity index (χ0n) is 7.79. The van der Waals surface area contributed by atoms with Crippen LogP contribution in [0.5, 0.6) is 5.75 Å². The number of halogens is 1. The molecule has 0 spiro atoms. The number of carbonyl (C=O) groups is 1. The van der Waals surface area contributed by atoms with Crippen molar-refractivity contribution in [2.24, 2.45) is 0 Å². The Bertz CT molecular complexity index is 336. The monoisotopic (exact) mass is 214 g/mol. The average Bonchev–Trinajstić information content (AvgIpc) is 2.13. The second kappa shape index (κ2) is 4.86. The number of hydrogen-bond acceptors (Lipinski definition) is 3. The van der Waals surface area contributed by atoms with Gasteiger partial charge in [-0.15, -0.1) is 0 Å². The van der Waals surface area contributed by atoms with Gasteiger partial charge in [-0.2, -0.15) is 0 Å². The molecule has 1 rings (SSSR count). The van der Waals surface area contributed by atoms with Crippen molar-refractivity contribution in [3.05, 3.63) is 28.8 Å². The van der Waals surface area contributed by atoms with Crippen LogP contribution in [0.25, 0.3) is 0 Å². The van der Waals surface area contributed by atoms with Gasteiger partial charge in [-0.1, -0.05) is 23.7 Å². The molecule has 0 saturated heterocycles. The van der Waals surface area contributed by atoms with Gasteiger partial charge in [0.25, 0.3) is 0 Å². The quantitative estimate of drug-likeness (QED) is 0.785. The number of para-hydroxylation sites is 1. The molecule has 4 heteroatoms. The zero-order chi connectivity index (χ0) is 10.6. The third-order valence-electron chi connectivity index (χ3n) is 1.71. The van der Waals surface area contributed by atoms with Gasteiger partial charge < -0.3 is 9.84 Å². The highest BCUT2D eigenvalue weighted by Gasteiger charge is 2.09. The molecule has 0 fully saturated rings. The SMILES string of the molecule is CCOC(=O)Cc1cccc(Cl)c1O. The van der Waals surface area contributed by atoms with E-state index >= 15 is 0 Å². The molecular formula is C10H11ClO3. The Kier molecular flexibility index (Phi) is 3.77. The third-order valence-corrected chi connectivity index (χ3v) is 2.02. The minimum atomic E-state index is -0.370. The van der Waals surface area contributed by atoms with Gasteiger partial charge in [0.2, 0.25) is 0 Å². The number of carbonyl (C=O) groups excluding carboxylic acids is 1. The van der Waals surface area contributed by atoms with Crippen LogP contribution in [0.4, 0.5) is 0 Å². The second-order valence-electron chi connectivity index (χ2n) is 2.73. The Hall–Kier alpha value is -1.22. The summed E-state index contributed by atoms with van der Waals surface area (Å²) in [7, 11) is 0. The molecule has 0 saturated carbocycles. The molecule has 0 radical (unpaired) electrons. The van der Waals surface area contributed by atoms with Gasteiger partial charge in [-0.05, 0) is 13.0 Å².